The lowest BCUT2D eigenvalue weighted by Crippen LogP contribution is -2.60. The SMILES string of the molecule is O=C(N1CCC1)N1CC(OC(c2ccc(Cl)cc2)c2cccnc2Cl)C1. The van der Waals surface area contributed by atoms with E-state index in [1.807, 2.05) is 46.2 Å². The molecule has 26 heavy (non-hydrogen) atoms. The summed E-state index contributed by atoms with van der Waals surface area (Å²) in [6.07, 6.45) is 2.37. The summed E-state index contributed by atoms with van der Waals surface area (Å²) in [5, 5.41) is 1.08. The van der Waals surface area contributed by atoms with Crippen molar-refractivity contribution in [3.63, 3.8) is 0 Å². The zero-order chi connectivity index (χ0) is 18.1. The van der Waals surface area contributed by atoms with Crippen LogP contribution in [0.1, 0.15) is 23.7 Å². The third kappa shape index (κ3) is 3.52. The molecule has 0 radical (unpaired) electrons. The number of carbonyl (C=O) groups is 1. The second-order valence-electron chi connectivity index (χ2n) is 6.60. The number of pyridine rings is 1. The van der Waals surface area contributed by atoms with Crippen LogP contribution in [-0.4, -0.2) is 53.1 Å². The summed E-state index contributed by atoms with van der Waals surface area (Å²) in [6.45, 7) is 2.91. The van der Waals surface area contributed by atoms with Gasteiger partial charge in [-0.2, -0.15) is 0 Å². The van der Waals surface area contributed by atoms with Crippen LogP contribution < -0.4 is 0 Å². The van der Waals surface area contributed by atoms with Gasteiger partial charge < -0.3 is 14.5 Å². The van der Waals surface area contributed by atoms with Crippen LogP contribution in [0.5, 0.6) is 0 Å². The second kappa shape index (κ2) is 7.43. The highest BCUT2D eigenvalue weighted by atomic mass is 35.5. The third-order valence-corrected chi connectivity index (χ3v) is 5.38. The van der Waals surface area contributed by atoms with E-state index in [1.54, 1.807) is 6.20 Å². The average molecular weight is 392 g/mol. The number of urea groups is 1. The van der Waals surface area contributed by atoms with Crippen molar-refractivity contribution in [1.29, 1.82) is 0 Å². The predicted octanol–water partition coefficient (Wildman–Crippen LogP) is 4.00. The summed E-state index contributed by atoms with van der Waals surface area (Å²) in [6, 6.07) is 11.4. The minimum atomic E-state index is -0.347. The molecule has 0 saturated carbocycles. The van der Waals surface area contributed by atoms with Crippen LogP contribution in [0.4, 0.5) is 4.79 Å². The van der Waals surface area contributed by atoms with E-state index in [-0.39, 0.29) is 18.2 Å². The molecule has 0 N–H and O–H groups in total. The summed E-state index contributed by atoms with van der Waals surface area (Å²) in [5.74, 6) is 0. The molecule has 136 valence electrons. The summed E-state index contributed by atoms with van der Waals surface area (Å²) in [5.41, 5.74) is 1.76. The van der Waals surface area contributed by atoms with Crippen molar-refractivity contribution in [3.05, 3.63) is 63.9 Å². The van der Waals surface area contributed by atoms with E-state index in [4.69, 9.17) is 27.9 Å². The van der Waals surface area contributed by atoms with Crippen molar-refractivity contribution in [2.24, 2.45) is 0 Å². The smallest absolute Gasteiger partial charge is 0.320 e. The maximum absolute atomic E-state index is 12.2. The molecule has 3 heterocycles. The molecule has 1 atom stereocenters. The van der Waals surface area contributed by atoms with Gasteiger partial charge in [-0.15, -0.1) is 0 Å². The lowest BCUT2D eigenvalue weighted by molar-refractivity contribution is -0.0704. The van der Waals surface area contributed by atoms with Crippen LogP contribution in [0.25, 0.3) is 0 Å². The molecule has 0 aliphatic carbocycles. The Morgan fingerprint density at radius 3 is 2.46 bits per heavy atom. The number of rotatable bonds is 4. The predicted molar refractivity (Wildman–Crippen MR) is 101 cm³/mol. The Morgan fingerprint density at radius 1 is 1.12 bits per heavy atom. The van der Waals surface area contributed by atoms with Crippen LogP contribution in [0, 0.1) is 0 Å². The molecule has 0 bridgehead atoms. The summed E-state index contributed by atoms with van der Waals surface area (Å²) >= 11 is 12.3. The first-order valence-electron chi connectivity index (χ1n) is 8.67. The van der Waals surface area contributed by atoms with Crippen LogP contribution in [0.15, 0.2) is 42.6 Å². The highest BCUT2D eigenvalue weighted by Crippen LogP contribution is 2.33. The van der Waals surface area contributed by atoms with E-state index in [1.165, 1.54) is 0 Å². The van der Waals surface area contributed by atoms with Crippen molar-refractivity contribution in [1.82, 2.24) is 14.8 Å². The van der Waals surface area contributed by atoms with Crippen LogP contribution >= 0.6 is 23.2 Å². The average Bonchev–Trinajstić information content (AvgIpc) is 2.54. The number of nitrogens with zero attached hydrogens (tertiary/aromatic N) is 3. The molecule has 7 heteroatoms. The van der Waals surface area contributed by atoms with E-state index in [9.17, 15) is 4.79 Å². The zero-order valence-electron chi connectivity index (χ0n) is 14.1. The number of amides is 2. The highest BCUT2D eigenvalue weighted by Gasteiger charge is 2.37. The topological polar surface area (TPSA) is 45.7 Å². The normalized spacial score (nSPS) is 18.2. The second-order valence-corrected chi connectivity index (χ2v) is 7.40. The van der Waals surface area contributed by atoms with E-state index in [2.05, 4.69) is 4.98 Å². The van der Waals surface area contributed by atoms with Crippen molar-refractivity contribution >= 4 is 29.2 Å². The van der Waals surface area contributed by atoms with E-state index >= 15 is 0 Å². The lowest BCUT2D eigenvalue weighted by Gasteiger charge is -2.45. The molecule has 2 saturated heterocycles. The van der Waals surface area contributed by atoms with E-state index < -0.39 is 0 Å². The molecule has 5 nitrogen and oxygen atoms in total. The van der Waals surface area contributed by atoms with Gasteiger partial charge in [0.1, 0.15) is 11.3 Å². The number of halogens is 2. The Balaban J connectivity index is 1.48. The van der Waals surface area contributed by atoms with Gasteiger partial charge >= 0.3 is 6.03 Å². The molecule has 2 amide bonds. The lowest BCUT2D eigenvalue weighted by atomic mass is 10.0. The molecule has 2 fully saturated rings. The van der Waals surface area contributed by atoms with Gasteiger partial charge in [0.2, 0.25) is 0 Å². The number of hydrogen-bond acceptors (Lipinski definition) is 3. The quantitative estimate of drug-likeness (QED) is 0.739. The van der Waals surface area contributed by atoms with Gasteiger partial charge in [0.25, 0.3) is 0 Å². The number of likely N-dealkylation sites (tertiary alicyclic amines) is 2. The summed E-state index contributed by atoms with van der Waals surface area (Å²) < 4.78 is 6.31. The molecule has 1 aromatic carbocycles. The number of hydrogen-bond donors (Lipinski definition) is 0. The third-order valence-electron chi connectivity index (χ3n) is 4.82. The van der Waals surface area contributed by atoms with Crippen molar-refractivity contribution in [2.75, 3.05) is 26.2 Å². The molecule has 4 rings (SSSR count). The first-order valence-corrected chi connectivity index (χ1v) is 9.42. The summed E-state index contributed by atoms with van der Waals surface area (Å²) in [7, 11) is 0. The van der Waals surface area contributed by atoms with Gasteiger partial charge in [0, 0.05) is 29.9 Å². The fourth-order valence-electron chi connectivity index (χ4n) is 3.14. The number of aromatic nitrogens is 1. The fraction of sp³-hybridized carbons (Fsp3) is 0.368. The van der Waals surface area contributed by atoms with Crippen LogP contribution in [-0.2, 0) is 4.74 Å². The van der Waals surface area contributed by atoms with Gasteiger partial charge in [-0.3, -0.25) is 0 Å². The van der Waals surface area contributed by atoms with E-state index in [0.717, 1.165) is 30.6 Å². The first kappa shape index (κ1) is 17.6. The molecule has 2 aliphatic rings. The standard InChI is InChI=1S/C19H19Cl2N3O2/c20-14-6-4-13(5-7-14)17(16-3-1-8-22-18(16)21)26-15-11-24(12-15)19(25)23-9-2-10-23/h1,3-8,15,17H,2,9-12H2. The van der Waals surface area contributed by atoms with Gasteiger partial charge in [-0.1, -0.05) is 41.4 Å². The maximum atomic E-state index is 12.2. The van der Waals surface area contributed by atoms with E-state index in [0.29, 0.717) is 23.3 Å². The summed E-state index contributed by atoms with van der Waals surface area (Å²) in [4.78, 5) is 20.1. The van der Waals surface area contributed by atoms with Crippen LogP contribution in [0.3, 0.4) is 0 Å². The number of ether oxygens (including phenoxy) is 1. The largest absolute Gasteiger partial charge is 0.362 e. The highest BCUT2D eigenvalue weighted by molar-refractivity contribution is 6.30. The molecular formula is C19H19Cl2N3O2. The van der Waals surface area contributed by atoms with Crippen molar-refractivity contribution in [2.45, 2.75) is 18.6 Å². The van der Waals surface area contributed by atoms with Crippen molar-refractivity contribution in [3.8, 4) is 0 Å². The van der Waals surface area contributed by atoms with Gasteiger partial charge in [0.05, 0.1) is 19.2 Å². The minimum absolute atomic E-state index is 0.0304. The van der Waals surface area contributed by atoms with Gasteiger partial charge in [0.15, 0.2) is 0 Å². The number of benzene rings is 1. The Labute approximate surface area is 162 Å². The first-order chi connectivity index (χ1) is 12.6. The Bertz CT molecular complexity index is 790. The monoisotopic (exact) mass is 391 g/mol. The van der Waals surface area contributed by atoms with Crippen molar-refractivity contribution < 1.29 is 9.53 Å². The fourth-order valence-corrected chi connectivity index (χ4v) is 3.49. The molecule has 1 aromatic heterocycles. The Morgan fingerprint density at radius 2 is 1.85 bits per heavy atom. The maximum Gasteiger partial charge on any atom is 0.320 e. The van der Waals surface area contributed by atoms with Gasteiger partial charge in [-0.05, 0) is 30.2 Å². The Hall–Kier alpha value is -1.82. The molecule has 2 aromatic rings. The van der Waals surface area contributed by atoms with Crippen LogP contribution in [0.2, 0.25) is 10.2 Å². The molecular weight excluding hydrogens is 373 g/mol. The number of carbonyl (C=O) groups excluding carboxylic acids is 1. The minimum Gasteiger partial charge on any atom is -0.362 e. The Kier molecular flexibility index (Phi) is 5.02. The zero-order valence-corrected chi connectivity index (χ0v) is 15.7. The van der Waals surface area contributed by atoms with Gasteiger partial charge in [-0.25, -0.2) is 9.78 Å². The molecule has 0 spiro atoms. The molecule has 2 aliphatic heterocycles. The molecule has 1 unspecified atom stereocenters.